The minimum atomic E-state index is -0.976. The fourth-order valence-electron chi connectivity index (χ4n) is 3.71. The van der Waals surface area contributed by atoms with Gasteiger partial charge in [-0.05, 0) is 55.7 Å². The van der Waals surface area contributed by atoms with E-state index in [1.807, 2.05) is 56.3 Å². The Morgan fingerprint density at radius 2 is 2.16 bits per heavy atom. The summed E-state index contributed by atoms with van der Waals surface area (Å²) in [4.78, 5) is 4.04. The van der Waals surface area contributed by atoms with Crippen molar-refractivity contribution in [3.8, 4) is 11.5 Å². The van der Waals surface area contributed by atoms with E-state index in [0.717, 1.165) is 29.7 Å². The molecular formula is C24H26ClN3O3. The molecule has 0 bridgehead atoms. The number of aliphatic hydroxyl groups is 1. The zero-order chi connectivity index (χ0) is 22.0. The largest absolute Gasteiger partial charge is 0.490 e. The van der Waals surface area contributed by atoms with Gasteiger partial charge in [-0.3, -0.25) is 0 Å². The lowest BCUT2D eigenvalue weighted by molar-refractivity contribution is 0.132. The minimum Gasteiger partial charge on any atom is -0.490 e. The first-order valence-electron chi connectivity index (χ1n) is 10.4. The molecule has 162 valence electrons. The van der Waals surface area contributed by atoms with Crippen molar-refractivity contribution in [1.29, 1.82) is 0 Å². The molecular weight excluding hydrogens is 414 g/mol. The number of aromatic nitrogens is 3. The van der Waals surface area contributed by atoms with Crippen LogP contribution in [-0.2, 0) is 6.42 Å². The molecule has 0 saturated heterocycles. The highest BCUT2D eigenvalue weighted by Gasteiger charge is 2.34. The van der Waals surface area contributed by atoms with Gasteiger partial charge in [0.05, 0.1) is 12.3 Å². The van der Waals surface area contributed by atoms with Crippen LogP contribution in [0.4, 0.5) is 0 Å². The molecule has 4 rings (SSSR count). The number of fused-ring (bicyclic) bond motifs is 1. The van der Waals surface area contributed by atoms with E-state index in [1.54, 1.807) is 11.0 Å². The van der Waals surface area contributed by atoms with Crippen LogP contribution in [0.2, 0.25) is 5.02 Å². The number of ether oxygens (including phenoxy) is 2. The summed E-state index contributed by atoms with van der Waals surface area (Å²) in [5.74, 6) is 1.40. The SMILES string of the molecule is CCCOc1cc(C(O)/C(=C/c2ccccc2Cl)n2cncn2)cc2c1OC(C)(C)C2. The van der Waals surface area contributed by atoms with Crippen molar-refractivity contribution < 1.29 is 14.6 Å². The number of rotatable bonds is 7. The van der Waals surface area contributed by atoms with Crippen molar-refractivity contribution in [3.05, 3.63) is 70.8 Å². The highest BCUT2D eigenvalue weighted by molar-refractivity contribution is 6.32. The third-order valence-electron chi connectivity index (χ3n) is 5.10. The zero-order valence-electron chi connectivity index (χ0n) is 17.9. The van der Waals surface area contributed by atoms with Crippen LogP contribution in [0.3, 0.4) is 0 Å². The van der Waals surface area contributed by atoms with Gasteiger partial charge in [0.25, 0.3) is 0 Å². The maximum absolute atomic E-state index is 11.4. The quantitative estimate of drug-likeness (QED) is 0.550. The third-order valence-corrected chi connectivity index (χ3v) is 5.44. The lowest BCUT2D eigenvalue weighted by atomic mass is 9.96. The van der Waals surface area contributed by atoms with E-state index in [1.165, 1.54) is 6.33 Å². The lowest BCUT2D eigenvalue weighted by Crippen LogP contribution is -2.24. The Kier molecular flexibility index (Phi) is 6.03. The van der Waals surface area contributed by atoms with E-state index < -0.39 is 6.10 Å². The first kappa shape index (κ1) is 21.4. The number of benzene rings is 2. The van der Waals surface area contributed by atoms with Gasteiger partial charge >= 0.3 is 0 Å². The highest BCUT2D eigenvalue weighted by Crippen LogP contribution is 2.45. The Hall–Kier alpha value is -2.83. The minimum absolute atomic E-state index is 0.321. The molecule has 2 aromatic carbocycles. The predicted molar refractivity (Wildman–Crippen MR) is 121 cm³/mol. The number of aliphatic hydroxyl groups excluding tert-OH is 1. The average Bonchev–Trinajstić information content (AvgIpc) is 3.37. The number of nitrogens with zero attached hydrogens (tertiary/aromatic N) is 3. The van der Waals surface area contributed by atoms with Crippen LogP contribution in [0.25, 0.3) is 11.8 Å². The molecule has 0 fully saturated rings. The van der Waals surface area contributed by atoms with Crippen LogP contribution >= 0.6 is 11.6 Å². The summed E-state index contributed by atoms with van der Waals surface area (Å²) < 4.78 is 13.7. The van der Waals surface area contributed by atoms with Gasteiger partial charge in [0.1, 0.15) is 24.4 Å². The van der Waals surface area contributed by atoms with Crippen LogP contribution in [-0.4, -0.2) is 32.1 Å². The molecule has 1 aliphatic heterocycles. The van der Waals surface area contributed by atoms with Crippen molar-refractivity contribution in [1.82, 2.24) is 14.8 Å². The van der Waals surface area contributed by atoms with Gasteiger partial charge in [-0.1, -0.05) is 36.7 Å². The van der Waals surface area contributed by atoms with Crippen molar-refractivity contribution in [2.45, 2.75) is 45.3 Å². The molecule has 0 radical (unpaired) electrons. The summed E-state index contributed by atoms with van der Waals surface area (Å²) >= 11 is 6.36. The van der Waals surface area contributed by atoms with Gasteiger partial charge < -0.3 is 14.6 Å². The molecule has 6 nitrogen and oxygen atoms in total. The van der Waals surface area contributed by atoms with Crippen LogP contribution in [0.1, 0.15) is 50.0 Å². The molecule has 31 heavy (non-hydrogen) atoms. The maximum Gasteiger partial charge on any atom is 0.165 e. The fourth-order valence-corrected chi connectivity index (χ4v) is 3.90. The van der Waals surface area contributed by atoms with Gasteiger partial charge in [-0.15, -0.1) is 0 Å². The van der Waals surface area contributed by atoms with E-state index in [0.29, 0.717) is 28.6 Å². The summed E-state index contributed by atoms with van der Waals surface area (Å²) in [7, 11) is 0. The van der Waals surface area contributed by atoms with Crippen molar-refractivity contribution in [2.75, 3.05) is 6.61 Å². The molecule has 1 atom stereocenters. The van der Waals surface area contributed by atoms with Gasteiger partial charge in [0, 0.05) is 17.0 Å². The highest BCUT2D eigenvalue weighted by atomic mass is 35.5. The topological polar surface area (TPSA) is 69.4 Å². The monoisotopic (exact) mass is 439 g/mol. The first-order valence-corrected chi connectivity index (χ1v) is 10.7. The zero-order valence-corrected chi connectivity index (χ0v) is 18.6. The maximum atomic E-state index is 11.4. The molecule has 2 heterocycles. The fraction of sp³-hybridized carbons (Fsp3) is 0.333. The van der Waals surface area contributed by atoms with Gasteiger partial charge in [-0.25, -0.2) is 9.67 Å². The second-order valence-electron chi connectivity index (χ2n) is 8.23. The van der Waals surface area contributed by atoms with Crippen molar-refractivity contribution >= 4 is 23.4 Å². The van der Waals surface area contributed by atoms with E-state index in [9.17, 15) is 5.11 Å². The Morgan fingerprint density at radius 1 is 1.35 bits per heavy atom. The lowest BCUT2D eigenvalue weighted by Gasteiger charge is -2.20. The standard InChI is InChI=1S/C24H26ClN3O3/c1-4-9-30-21-12-17(10-18-13-24(2,3)31-23(18)21)22(29)20(28-15-26-14-27-28)11-16-7-5-6-8-19(16)25/h5-8,10-12,14-15,22,29H,4,9,13H2,1-3H3/b20-11-. The predicted octanol–water partition coefficient (Wildman–Crippen LogP) is 5.17. The van der Waals surface area contributed by atoms with E-state index in [2.05, 4.69) is 17.0 Å². The summed E-state index contributed by atoms with van der Waals surface area (Å²) in [6.07, 6.45) is 5.44. The molecule has 0 amide bonds. The summed E-state index contributed by atoms with van der Waals surface area (Å²) in [6, 6.07) is 11.3. The summed E-state index contributed by atoms with van der Waals surface area (Å²) in [5, 5.41) is 16.2. The van der Waals surface area contributed by atoms with E-state index >= 15 is 0 Å². The molecule has 0 spiro atoms. The smallest absolute Gasteiger partial charge is 0.165 e. The van der Waals surface area contributed by atoms with E-state index in [4.69, 9.17) is 21.1 Å². The number of halogens is 1. The van der Waals surface area contributed by atoms with Crippen LogP contribution in [0, 0.1) is 0 Å². The normalized spacial score (nSPS) is 16.0. The Balaban J connectivity index is 1.79. The first-order chi connectivity index (χ1) is 14.9. The third kappa shape index (κ3) is 4.60. The molecule has 7 heteroatoms. The Labute approximate surface area is 187 Å². The van der Waals surface area contributed by atoms with Crippen LogP contribution in [0.5, 0.6) is 11.5 Å². The second-order valence-corrected chi connectivity index (χ2v) is 8.63. The molecule has 1 aromatic heterocycles. The second kappa shape index (κ2) is 8.73. The van der Waals surface area contributed by atoms with Gasteiger partial charge in [-0.2, -0.15) is 5.10 Å². The molecule has 0 aliphatic carbocycles. The molecule has 3 aromatic rings. The molecule has 1 aliphatic rings. The summed E-state index contributed by atoms with van der Waals surface area (Å²) in [6.45, 7) is 6.72. The number of hydrogen-bond acceptors (Lipinski definition) is 5. The number of hydrogen-bond donors (Lipinski definition) is 1. The van der Waals surface area contributed by atoms with E-state index in [-0.39, 0.29) is 5.60 Å². The molecule has 1 unspecified atom stereocenters. The Bertz CT molecular complexity index is 1090. The van der Waals surface area contributed by atoms with Crippen LogP contribution < -0.4 is 9.47 Å². The van der Waals surface area contributed by atoms with Crippen molar-refractivity contribution in [2.24, 2.45) is 0 Å². The molecule has 0 saturated carbocycles. The van der Waals surface area contributed by atoms with Crippen molar-refractivity contribution in [3.63, 3.8) is 0 Å². The summed E-state index contributed by atoms with van der Waals surface area (Å²) in [5.41, 5.74) is 2.70. The van der Waals surface area contributed by atoms with Crippen LogP contribution in [0.15, 0.2) is 49.1 Å². The van der Waals surface area contributed by atoms with Gasteiger partial charge in [0.2, 0.25) is 0 Å². The van der Waals surface area contributed by atoms with Gasteiger partial charge in [0.15, 0.2) is 11.5 Å². The average molecular weight is 440 g/mol. The molecule has 1 N–H and O–H groups in total. The Morgan fingerprint density at radius 3 is 2.87 bits per heavy atom.